The van der Waals surface area contributed by atoms with Crippen LogP contribution in [0.15, 0.2) is 39.9 Å². The van der Waals surface area contributed by atoms with Gasteiger partial charge in [0.05, 0.1) is 39.9 Å². The van der Waals surface area contributed by atoms with Crippen LogP contribution in [-0.4, -0.2) is 35.6 Å². The Morgan fingerprint density at radius 3 is 2.59 bits per heavy atom. The van der Waals surface area contributed by atoms with E-state index in [1.807, 2.05) is 20.8 Å². The highest BCUT2D eigenvalue weighted by molar-refractivity contribution is 6.42. The Morgan fingerprint density at radius 1 is 1.19 bits per heavy atom. The number of aromatic nitrogens is 2. The summed E-state index contributed by atoms with van der Waals surface area (Å²) < 4.78 is 21.7. The van der Waals surface area contributed by atoms with Gasteiger partial charge in [0.25, 0.3) is 5.89 Å². The number of halogens is 2. The number of rotatable bonds is 7. The van der Waals surface area contributed by atoms with E-state index in [1.165, 1.54) is 0 Å². The van der Waals surface area contributed by atoms with Crippen LogP contribution in [0.5, 0.6) is 0 Å². The lowest BCUT2D eigenvalue weighted by Gasteiger charge is -2.30. The molecule has 1 unspecified atom stereocenters. The van der Waals surface area contributed by atoms with E-state index in [0.717, 1.165) is 5.70 Å². The van der Waals surface area contributed by atoms with Crippen molar-refractivity contribution in [2.45, 2.75) is 46.6 Å². The molecule has 1 aliphatic heterocycles. The lowest BCUT2D eigenvalue weighted by atomic mass is 9.85. The fraction of sp³-hybridized carbons (Fsp3) is 0.409. The van der Waals surface area contributed by atoms with Gasteiger partial charge >= 0.3 is 6.16 Å². The molecule has 3 rings (SSSR count). The van der Waals surface area contributed by atoms with Gasteiger partial charge in [-0.25, -0.2) is 4.79 Å². The highest BCUT2D eigenvalue weighted by Gasteiger charge is 2.37. The zero-order valence-corrected chi connectivity index (χ0v) is 20.0. The van der Waals surface area contributed by atoms with Crippen molar-refractivity contribution in [3.8, 4) is 0 Å². The summed E-state index contributed by atoms with van der Waals surface area (Å²) in [6.07, 6.45) is -0.831. The molecule has 0 bridgehead atoms. The number of benzene rings is 1. The molecular weight excluding hydrogens is 457 g/mol. The molecule has 1 atom stereocenters. The molecular formula is C22H25Cl2N3O5. The average Bonchev–Trinajstić information content (AvgIpc) is 3.15. The maximum absolute atomic E-state index is 12.5. The Bertz CT molecular complexity index is 1060. The van der Waals surface area contributed by atoms with E-state index >= 15 is 0 Å². The highest BCUT2D eigenvalue weighted by atomic mass is 35.5. The van der Waals surface area contributed by atoms with Gasteiger partial charge in [-0.15, -0.1) is 0 Å². The molecule has 2 heterocycles. The zero-order valence-electron chi connectivity index (χ0n) is 18.5. The van der Waals surface area contributed by atoms with E-state index in [-0.39, 0.29) is 25.2 Å². The van der Waals surface area contributed by atoms with E-state index in [4.69, 9.17) is 41.9 Å². The Labute approximate surface area is 196 Å². The van der Waals surface area contributed by atoms with Gasteiger partial charge in [-0.2, -0.15) is 4.98 Å². The van der Waals surface area contributed by atoms with Crippen LogP contribution < -0.4 is 5.32 Å². The summed E-state index contributed by atoms with van der Waals surface area (Å²) >= 11 is 12.9. The standard InChI is InChI=1S/C22H25Cl2N3O5/c1-11(2)29-9-10-30-22(28)31-20-13(4)25-12(3)17(21-26-14(5)27-32-21)18(20)15-7-6-8-16(23)19(15)24/h6-8,11,18,25H,9-10H2,1-5H3. The zero-order chi connectivity index (χ0) is 23.4. The van der Waals surface area contributed by atoms with Gasteiger partial charge in [0.15, 0.2) is 5.82 Å². The second kappa shape index (κ2) is 10.4. The van der Waals surface area contributed by atoms with E-state index in [0.29, 0.717) is 38.5 Å². The SMILES string of the molecule is CC1=C(OC(=O)OCCOC(C)C)C(c2cccc(Cl)c2Cl)C(c2nc(C)no2)=C(C)N1. The summed E-state index contributed by atoms with van der Waals surface area (Å²) in [6, 6.07) is 5.26. The quantitative estimate of drug-likeness (QED) is 0.402. The molecule has 1 aliphatic rings. The van der Waals surface area contributed by atoms with Crippen molar-refractivity contribution in [3.05, 3.63) is 62.7 Å². The minimum absolute atomic E-state index is 0.0324. The molecule has 1 aromatic carbocycles. The average molecular weight is 482 g/mol. The molecule has 1 aromatic heterocycles. The van der Waals surface area contributed by atoms with Gasteiger partial charge in [-0.3, -0.25) is 0 Å². The number of dihydropyridines is 1. The summed E-state index contributed by atoms with van der Waals surface area (Å²) in [5.74, 6) is 0.401. The lowest BCUT2D eigenvalue weighted by Crippen LogP contribution is -2.27. The third kappa shape index (κ3) is 5.43. The maximum Gasteiger partial charge on any atom is 0.513 e. The number of carbonyl (C=O) groups is 1. The third-order valence-corrected chi connectivity index (χ3v) is 5.53. The van der Waals surface area contributed by atoms with Crippen LogP contribution in [0, 0.1) is 6.92 Å². The van der Waals surface area contributed by atoms with Crippen molar-refractivity contribution in [1.82, 2.24) is 15.5 Å². The van der Waals surface area contributed by atoms with Gasteiger partial charge in [0.1, 0.15) is 12.4 Å². The van der Waals surface area contributed by atoms with Crippen LogP contribution in [0.4, 0.5) is 4.79 Å². The van der Waals surface area contributed by atoms with E-state index < -0.39 is 12.1 Å². The molecule has 0 amide bonds. The Balaban J connectivity index is 1.98. The maximum atomic E-state index is 12.5. The predicted octanol–water partition coefficient (Wildman–Crippen LogP) is 5.61. The fourth-order valence-corrected chi connectivity index (χ4v) is 3.79. The monoisotopic (exact) mass is 481 g/mol. The molecule has 0 aliphatic carbocycles. The van der Waals surface area contributed by atoms with E-state index in [9.17, 15) is 4.79 Å². The topological polar surface area (TPSA) is 95.7 Å². The fourth-order valence-electron chi connectivity index (χ4n) is 3.37. The molecule has 1 N–H and O–H groups in total. The Kier molecular flexibility index (Phi) is 7.82. The van der Waals surface area contributed by atoms with E-state index in [1.54, 1.807) is 32.0 Å². The van der Waals surface area contributed by atoms with Gasteiger partial charge in [-0.1, -0.05) is 40.5 Å². The van der Waals surface area contributed by atoms with Gasteiger partial charge in [0.2, 0.25) is 0 Å². The number of hydrogen-bond donors (Lipinski definition) is 1. The van der Waals surface area contributed by atoms with Crippen molar-refractivity contribution < 1.29 is 23.5 Å². The second-order valence-corrected chi connectivity index (χ2v) is 8.28. The Morgan fingerprint density at radius 2 is 1.94 bits per heavy atom. The van der Waals surface area contributed by atoms with Crippen LogP contribution >= 0.6 is 23.2 Å². The molecule has 0 spiro atoms. The molecule has 0 saturated heterocycles. The second-order valence-electron chi connectivity index (χ2n) is 7.50. The van der Waals surface area contributed by atoms with Crippen molar-refractivity contribution in [1.29, 1.82) is 0 Å². The number of carbonyl (C=O) groups excluding carboxylic acids is 1. The molecule has 8 nitrogen and oxygen atoms in total. The number of hydrogen-bond acceptors (Lipinski definition) is 8. The summed E-state index contributed by atoms with van der Waals surface area (Å²) in [7, 11) is 0. The van der Waals surface area contributed by atoms with Crippen LogP contribution in [0.25, 0.3) is 5.57 Å². The third-order valence-electron chi connectivity index (χ3n) is 4.70. The minimum atomic E-state index is -0.864. The normalized spacial score (nSPS) is 16.4. The largest absolute Gasteiger partial charge is 0.513 e. The summed E-state index contributed by atoms with van der Waals surface area (Å²) in [5, 5.41) is 7.80. The van der Waals surface area contributed by atoms with Crippen LogP contribution in [-0.2, 0) is 14.2 Å². The molecule has 0 fully saturated rings. The molecule has 0 saturated carbocycles. The molecule has 0 radical (unpaired) electrons. The molecule has 32 heavy (non-hydrogen) atoms. The van der Waals surface area contributed by atoms with Crippen molar-refractivity contribution >= 4 is 34.9 Å². The first kappa shape index (κ1) is 24.1. The Hall–Kier alpha value is -2.55. The van der Waals surface area contributed by atoms with Crippen LogP contribution in [0.3, 0.4) is 0 Å². The number of aryl methyl sites for hydroxylation is 1. The van der Waals surface area contributed by atoms with Gasteiger partial charge in [-0.05, 0) is 46.2 Å². The smallest absolute Gasteiger partial charge is 0.432 e. The molecule has 2 aromatic rings. The first-order chi connectivity index (χ1) is 15.2. The lowest BCUT2D eigenvalue weighted by molar-refractivity contribution is 0.0186. The summed E-state index contributed by atoms with van der Waals surface area (Å²) in [4.78, 5) is 16.8. The highest BCUT2D eigenvalue weighted by Crippen LogP contribution is 2.46. The summed E-state index contributed by atoms with van der Waals surface area (Å²) in [6.45, 7) is 9.49. The molecule has 172 valence electrons. The number of ether oxygens (including phenoxy) is 3. The van der Waals surface area contributed by atoms with Crippen molar-refractivity contribution in [2.75, 3.05) is 13.2 Å². The minimum Gasteiger partial charge on any atom is -0.432 e. The summed E-state index contributed by atoms with van der Waals surface area (Å²) in [5.41, 5.74) is 2.60. The first-order valence-electron chi connectivity index (χ1n) is 10.1. The number of nitrogens with one attached hydrogen (secondary N) is 1. The van der Waals surface area contributed by atoms with Crippen molar-refractivity contribution in [2.24, 2.45) is 0 Å². The van der Waals surface area contributed by atoms with Gasteiger partial charge < -0.3 is 24.1 Å². The first-order valence-corrected chi connectivity index (χ1v) is 10.8. The predicted molar refractivity (Wildman–Crippen MR) is 120 cm³/mol. The molecule has 10 heteroatoms. The van der Waals surface area contributed by atoms with Crippen LogP contribution in [0.2, 0.25) is 10.0 Å². The number of allylic oxidation sites excluding steroid dienone is 3. The van der Waals surface area contributed by atoms with Crippen molar-refractivity contribution in [3.63, 3.8) is 0 Å². The van der Waals surface area contributed by atoms with Gasteiger partial charge in [0, 0.05) is 5.70 Å². The van der Waals surface area contributed by atoms with E-state index in [2.05, 4.69) is 15.5 Å². The van der Waals surface area contributed by atoms with Crippen LogP contribution in [0.1, 0.15) is 50.9 Å². The number of nitrogens with zero attached hydrogens (tertiary/aromatic N) is 2.